The lowest BCUT2D eigenvalue weighted by atomic mass is 9.94. The molecule has 32 heavy (non-hydrogen) atoms. The maximum absolute atomic E-state index is 13.7. The molecule has 2 aromatic carbocycles. The van der Waals surface area contributed by atoms with Crippen molar-refractivity contribution in [3.8, 4) is 17.2 Å². The van der Waals surface area contributed by atoms with Crippen molar-refractivity contribution >= 4 is 32.7 Å². The monoisotopic (exact) mass is 501 g/mol. The molecule has 0 aliphatic rings. The number of aromatic nitrogens is 2. The van der Waals surface area contributed by atoms with Crippen molar-refractivity contribution in [3.63, 3.8) is 0 Å². The lowest BCUT2D eigenvalue weighted by molar-refractivity contribution is -0.140. The zero-order valence-electron chi connectivity index (χ0n) is 19.4. The minimum Gasteiger partial charge on any atom is -0.497 e. The van der Waals surface area contributed by atoms with Crippen LogP contribution in [0.5, 0.6) is 11.5 Å². The van der Waals surface area contributed by atoms with Crippen molar-refractivity contribution in [2.75, 3.05) is 21.3 Å². The highest BCUT2D eigenvalue weighted by Gasteiger charge is 2.31. The van der Waals surface area contributed by atoms with Crippen molar-refractivity contribution in [2.24, 2.45) is 5.41 Å². The van der Waals surface area contributed by atoms with E-state index in [1.165, 1.54) is 4.57 Å². The molecule has 3 rings (SSSR count). The Labute approximate surface area is 196 Å². The van der Waals surface area contributed by atoms with Gasteiger partial charge >= 0.3 is 0 Å². The number of hydrogen-bond donors (Lipinski definition) is 0. The second kappa shape index (κ2) is 8.94. The summed E-state index contributed by atoms with van der Waals surface area (Å²) < 4.78 is 13.0. The van der Waals surface area contributed by atoms with E-state index >= 15 is 0 Å². The summed E-state index contributed by atoms with van der Waals surface area (Å²) in [4.78, 5) is 33.2. The summed E-state index contributed by atoms with van der Waals surface area (Å²) >= 11 is 3.57. The summed E-state index contributed by atoms with van der Waals surface area (Å²) in [5, 5.41) is 0.474. The predicted octanol–water partition coefficient (Wildman–Crippen LogP) is 4.73. The second-order valence-corrected chi connectivity index (χ2v) is 9.43. The van der Waals surface area contributed by atoms with Gasteiger partial charge < -0.3 is 14.4 Å². The first-order chi connectivity index (χ1) is 15.0. The van der Waals surface area contributed by atoms with Gasteiger partial charge in [-0.3, -0.25) is 14.2 Å². The first kappa shape index (κ1) is 23.8. The fraction of sp³-hybridized carbons (Fsp3) is 0.375. The molecular formula is C24H28BrN3O4. The van der Waals surface area contributed by atoms with Gasteiger partial charge in [0, 0.05) is 24.6 Å². The van der Waals surface area contributed by atoms with Crippen LogP contribution in [-0.2, 0) is 4.79 Å². The molecule has 0 saturated carbocycles. The molecule has 1 aromatic heterocycles. The van der Waals surface area contributed by atoms with E-state index < -0.39 is 11.5 Å². The molecule has 8 heteroatoms. The molecule has 0 fully saturated rings. The van der Waals surface area contributed by atoms with E-state index in [4.69, 9.17) is 14.5 Å². The Morgan fingerprint density at radius 3 is 2.41 bits per heavy atom. The van der Waals surface area contributed by atoms with Gasteiger partial charge in [0.1, 0.15) is 17.3 Å². The number of methoxy groups -OCH3 is 2. The molecule has 170 valence electrons. The van der Waals surface area contributed by atoms with Crippen LogP contribution in [0.15, 0.2) is 45.7 Å². The molecule has 0 N–H and O–H groups in total. The van der Waals surface area contributed by atoms with E-state index in [-0.39, 0.29) is 11.5 Å². The highest BCUT2D eigenvalue weighted by Crippen LogP contribution is 2.37. The number of para-hydroxylation sites is 1. The van der Waals surface area contributed by atoms with Crippen molar-refractivity contribution in [1.82, 2.24) is 14.5 Å². The number of ether oxygens (including phenoxy) is 2. The molecule has 0 aliphatic heterocycles. The van der Waals surface area contributed by atoms with Crippen LogP contribution in [0.2, 0.25) is 0 Å². The summed E-state index contributed by atoms with van der Waals surface area (Å²) in [5.41, 5.74) is 0.260. The number of hydrogen-bond acceptors (Lipinski definition) is 5. The maximum atomic E-state index is 13.7. The number of carbonyl (C=O) groups excluding carboxylic acids is 1. The van der Waals surface area contributed by atoms with Crippen LogP contribution in [0.4, 0.5) is 0 Å². The lowest BCUT2D eigenvalue weighted by Crippen LogP contribution is -2.40. The van der Waals surface area contributed by atoms with Crippen molar-refractivity contribution in [3.05, 3.63) is 57.0 Å². The maximum Gasteiger partial charge on any atom is 0.266 e. The molecule has 0 radical (unpaired) electrons. The van der Waals surface area contributed by atoms with Crippen LogP contribution in [-0.4, -0.2) is 41.6 Å². The molecular weight excluding hydrogens is 474 g/mol. The van der Waals surface area contributed by atoms with Gasteiger partial charge in [-0.05, 0) is 35.0 Å². The van der Waals surface area contributed by atoms with Gasteiger partial charge in [-0.15, -0.1) is 0 Å². The van der Waals surface area contributed by atoms with Gasteiger partial charge in [0.15, 0.2) is 0 Å². The Morgan fingerprint density at radius 2 is 1.81 bits per heavy atom. The van der Waals surface area contributed by atoms with E-state index in [1.54, 1.807) is 56.5 Å². The number of nitrogens with zero attached hydrogens (tertiary/aromatic N) is 3. The average Bonchev–Trinajstić information content (AvgIpc) is 2.77. The van der Waals surface area contributed by atoms with Gasteiger partial charge in [-0.25, -0.2) is 4.98 Å². The first-order valence-electron chi connectivity index (χ1n) is 10.2. The Morgan fingerprint density at radius 1 is 1.16 bits per heavy atom. The van der Waals surface area contributed by atoms with Crippen LogP contribution in [0.3, 0.4) is 0 Å². The number of fused-ring (bicyclic) bond motifs is 1. The van der Waals surface area contributed by atoms with Gasteiger partial charge in [0.25, 0.3) is 5.56 Å². The van der Waals surface area contributed by atoms with Gasteiger partial charge in [0.05, 0.1) is 41.3 Å². The minimum absolute atomic E-state index is 0.0544. The molecule has 7 nitrogen and oxygen atoms in total. The number of amides is 1. The second-order valence-electron chi connectivity index (χ2n) is 8.63. The lowest BCUT2D eigenvalue weighted by Gasteiger charge is -2.32. The van der Waals surface area contributed by atoms with Crippen LogP contribution < -0.4 is 15.0 Å². The van der Waals surface area contributed by atoms with E-state index in [1.807, 2.05) is 33.8 Å². The molecule has 1 atom stereocenters. The van der Waals surface area contributed by atoms with Crippen LogP contribution >= 0.6 is 15.9 Å². The summed E-state index contributed by atoms with van der Waals surface area (Å²) in [6.45, 7) is 7.46. The first-order valence-corrected chi connectivity index (χ1v) is 11.0. The van der Waals surface area contributed by atoms with Crippen molar-refractivity contribution in [1.29, 1.82) is 0 Å². The number of halogens is 1. The van der Waals surface area contributed by atoms with E-state index in [2.05, 4.69) is 15.9 Å². The Hall–Kier alpha value is -2.87. The fourth-order valence-electron chi connectivity index (χ4n) is 3.53. The average molecular weight is 502 g/mol. The highest BCUT2D eigenvalue weighted by molar-refractivity contribution is 9.10. The summed E-state index contributed by atoms with van der Waals surface area (Å²) in [6.07, 6.45) is 0. The van der Waals surface area contributed by atoms with E-state index in [0.29, 0.717) is 38.4 Å². The quantitative estimate of drug-likeness (QED) is 0.505. The van der Waals surface area contributed by atoms with Gasteiger partial charge in [0.2, 0.25) is 5.91 Å². The largest absolute Gasteiger partial charge is 0.497 e. The zero-order chi connectivity index (χ0) is 23.8. The van der Waals surface area contributed by atoms with Crippen LogP contribution in [0.1, 0.15) is 39.6 Å². The predicted molar refractivity (Wildman–Crippen MR) is 129 cm³/mol. The van der Waals surface area contributed by atoms with Crippen LogP contribution in [0.25, 0.3) is 16.6 Å². The smallest absolute Gasteiger partial charge is 0.266 e. The molecule has 0 aliphatic carbocycles. The third-order valence-corrected chi connectivity index (χ3v) is 6.21. The van der Waals surface area contributed by atoms with Crippen molar-refractivity contribution in [2.45, 2.75) is 33.7 Å². The highest BCUT2D eigenvalue weighted by atomic mass is 79.9. The van der Waals surface area contributed by atoms with E-state index in [0.717, 1.165) is 0 Å². The number of benzene rings is 2. The van der Waals surface area contributed by atoms with Gasteiger partial charge in [-0.1, -0.05) is 32.9 Å². The molecule has 1 heterocycles. The topological polar surface area (TPSA) is 73.7 Å². The molecule has 1 amide bonds. The number of carbonyl (C=O) groups is 1. The van der Waals surface area contributed by atoms with Gasteiger partial charge in [-0.2, -0.15) is 0 Å². The number of rotatable bonds is 5. The van der Waals surface area contributed by atoms with Crippen molar-refractivity contribution < 1.29 is 14.3 Å². The minimum atomic E-state index is -0.579. The normalized spacial score (nSPS) is 12.5. The molecule has 3 aromatic rings. The molecule has 0 saturated heterocycles. The SMILES string of the molecule is COc1cc(OC)c(Br)c(-n2c(C(C)N(C)C(=O)C(C)(C)C)nc3ccccc3c2=O)c1. The fourth-order valence-corrected chi connectivity index (χ4v) is 4.10. The standard InChI is InChI=1S/C24H28BrN3O4/c1-14(27(5)23(30)24(2,3)4)21-26-17-11-9-8-10-16(17)22(29)28(21)18-12-15(31-6)13-19(32-7)20(18)25/h8-14H,1-7H3. The zero-order valence-corrected chi connectivity index (χ0v) is 21.0. The summed E-state index contributed by atoms with van der Waals surface area (Å²) in [5.74, 6) is 1.42. The third kappa shape index (κ3) is 4.24. The molecule has 1 unspecified atom stereocenters. The van der Waals surface area contributed by atoms with E-state index in [9.17, 15) is 9.59 Å². The molecule has 0 spiro atoms. The summed E-state index contributed by atoms with van der Waals surface area (Å²) in [7, 11) is 4.82. The van der Waals surface area contributed by atoms with Crippen LogP contribution in [0, 0.1) is 5.41 Å². The Bertz CT molecular complexity index is 1230. The third-order valence-electron chi connectivity index (χ3n) is 5.41. The summed E-state index contributed by atoms with van der Waals surface area (Å²) in [6, 6.07) is 10.2. The Kier molecular flexibility index (Phi) is 6.64. The molecule has 0 bridgehead atoms. The Balaban J connectivity index is 2.37.